The topological polar surface area (TPSA) is 79.7 Å². The molecule has 1 atom stereocenters. The average Bonchev–Trinajstić information content (AvgIpc) is 3.06. The van der Waals surface area contributed by atoms with E-state index in [9.17, 15) is 14.7 Å². The molecule has 0 bridgehead atoms. The molecule has 6 nitrogen and oxygen atoms in total. The largest absolute Gasteiger partial charge is 0.507 e. The minimum atomic E-state index is -0.809. The Labute approximate surface area is 184 Å². The molecule has 0 aliphatic carbocycles. The fraction of sp³-hybridized carbons (Fsp3) is 0.125. The lowest BCUT2D eigenvalue weighted by molar-refractivity contribution is -0.132. The quantitative estimate of drug-likeness (QED) is 0.356. The number of hydrogen-bond donors (Lipinski definition) is 1. The molecule has 0 radical (unpaired) electrons. The highest BCUT2D eigenvalue weighted by Gasteiger charge is 2.46. The van der Waals surface area contributed by atoms with Crippen LogP contribution >= 0.6 is 11.6 Å². The van der Waals surface area contributed by atoms with E-state index in [4.69, 9.17) is 16.3 Å². The second kappa shape index (κ2) is 8.62. The number of nitrogens with zero attached hydrogens (tertiary/aromatic N) is 2. The fourth-order valence-corrected chi connectivity index (χ4v) is 3.72. The first kappa shape index (κ1) is 20.6. The lowest BCUT2D eigenvalue weighted by atomic mass is 9.95. The Morgan fingerprint density at radius 1 is 1.03 bits per heavy atom. The van der Waals surface area contributed by atoms with Gasteiger partial charge in [-0.05, 0) is 73.2 Å². The normalized spacial score (nSPS) is 17.7. The summed E-state index contributed by atoms with van der Waals surface area (Å²) >= 11 is 5.99. The van der Waals surface area contributed by atoms with Crippen molar-refractivity contribution in [1.29, 1.82) is 0 Å². The van der Waals surface area contributed by atoms with Gasteiger partial charge in [0.1, 0.15) is 11.5 Å². The molecule has 0 saturated carbocycles. The molecular weight excluding hydrogens is 416 g/mol. The van der Waals surface area contributed by atoms with Gasteiger partial charge in [0.25, 0.3) is 11.7 Å². The molecule has 3 aromatic rings. The standard InChI is InChI=1S/C24H19ClN2O4/c1-2-31-19-9-3-16(4-10-19)22(28)20-21(15-11-13-26-14-12-15)27(24(30)23(20)29)18-7-5-17(25)6-8-18/h3-14,21,28H,2H2,1H3/b22-20-. The van der Waals surface area contributed by atoms with Crippen LogP contribution in [-0.2, 0) is 9.59 Å². The summed E-state index contributed by atoms with van der Waals surface area (Å²) in [5.41, 5.74) is 1.57. The van der Waals surface area contributed by atoms with Gasteiger partial charge in [-0.25, -0.2) is 0 Å². The Morgan fingerprint density at radius 2 is 1.68 bits per heavy atom. The number of carbonyl (C=O) groups excluding carboxylic acids is 2. The maximum atomic E-state index is 13.0. The zero-order valence-electron chi connectivity index (χ0n) is 16.7. The highest BCUT2D eigenvalue weighted by molar-refractivity contribution is 6.51. The van der Waals surface area contributed by atoms with Gasteiger partial charge < -0.3 is 9.84 Å². The number of halogens is 1. The number of ketones is 1. The number of aromatic nitrogens is 1. The maximum absolute atomic E-state index is 13.0. The van der Waals surface area contributed by atoms with Crippen LogP contribution in [0.25, 0.3) is 5.76 Å². The maximum Gasteiger partial charge on any atom is 0.300 e. The van der Waals surface area contributed by atoms with Crippen molar-refractivity contribution < 1.29 is 19.4 Å². The number of ether oxygens (including phenoxy) is 1. The second-order valence-electron chi connectivity index (χ2n) is 6.88. The molecule has 1 N–H and O–H groups in total. The monoisotopic (exact) mass is 434 g/mol. The van der Waals surface area contributed by atoms with E-state index in [2.05, 4.69) is 4.98 Å². The number of amides is 1. The van der Waals surface area contributed by atoms with Crippen molar-refractivity contribution in [2.45, 2.75) is 13.0 Å². The van der Waals surface area contributed by atoms with E-state index in [0.717, 1.165) is 0 Å². The van der Waals surface area contributed by atoms with E-state index in [1.165, 1.54) is 4.90 Å². The highest BCUT2D eigenvalue weighted by atomic mass is 35.5. The molecule has 31 heavy (non-hydrogen) atoms. The van der Waals surface area contributed by atoms with Crippen LogP contribution in [0.15, 0.2) is 78.6 Å². The van der Waals surface area contributed by atoms with E-state index >= 15 is 0 Å². The van der Waals surface area contributed by atoms with E-state index in [0.29, 0.717) is 34.2 Å². The van der Waals surface area contributed by atoms with Crippen molar-refractivity contribution in [2.24, 2.45) is 0 Å². The predicted octanol–water partition coefficient (Wildman–Crippen LogP) is 4.76. The summed E-state index contributed by atoms with van der Waals surface area (Å²) < 4.78 is 5.43. The van der Waals surface area contributed by atoms with Gasteiger partial charge in [0.15, 0.2) is 0 Å². The molecule has 1 unspecified atom stereocenters. The average molecular weight is 435 g/mol. The Balaban J connectivity index is 1.87. The van der Waals surface area contributed by atoms with Crippen molar-refractivity contribution >= 4 is 34.7 Å². The van der Waals surface area contributed by atoms with Gasteiger partial charge in [-0.1, -0.05) is 11.6 Å². The second-order valence-corrected chi connectivity index (χ2v) is 7.32. The molecule has 7 heteroatoms. The van der Waals surface area contributed by atoms with Gasteiger partial charge >= 0.3 is 0 Å². The van der Waals surface area contributed by atoms with Crippen LogP contribution in [-0.4, -0.2) is 28.4 Å². The first-order valence-electron chi connectivity index (χ1n) is 9.71. The summed E-state index contributed by atoms with van der Waals surface area (Å²) in [6.45, 7) is 2.39. The van der Waals surface area contributed by atoms with Crippen LogP contribution < -0.4 is 9.64 Å². The molecule has 1 aliphatic rings. The van der Waals surface area contributed by atoms with Gasteiger partial charge in [-0.3, -0.25) is 19.5 Å². The number of benzene rings is 2. The zero-order valence-corrected chi connectivity index (χ0v) is 17.4. The Kier molecular flexibility index (Phi) is 5.73. The number of anilines is 1. The predicted molar refractivity (Wildman–Crippen MR) is 118 cm³/mol. The van der Waals surface area contributed by atoms with Gasteiger partial charge in [-0.15, -0.1) is 0 Å². The Bertz CT molecular complexity index is 1140. The summed E-state index contributed by atoms with van der Waals surface area (Å²) in [6, 6.07) is 15.9. The van der Waals surface area contributed by atoms with Crippen LogP contribution in [0.1, 0.15) is 24.1 Å². The molecule has 1 aliphatic heterocycles. The van der Waals surface area contributed by atoms with Crippen LogP contribution in [0.4, 0.5) is 5.69 Å². The van der Waals surface area contributed by atoms with Crippen LogP contribution in [0.2, 0.25) is 5.02 Å². The third-order valence-electron chi connectivity index (χ3n) is 5.01. The minimum absolute atomic E-state index is 0.00955. The number of Topliss-reactive ketones (excluding diaryl/α,β-unsaturated/α-hetero) is 1. The number of aliphatic hydroxyl groups excluding tert-OH is 1. The molecular formula is C24H19ClN2O4. The molecule has 4 rings (SSSR count). The SMILES string of the molecule is CCOc1ccc(/C(O)=C2/C(=O)C(=O)N(c3ccc(Cl)cc3)C2c2ccncc2)cc1. The van der Waals surface area contributed by atoms with Crippen molar-refractivity contribution in [2.75, 3.05) is 11.5 Å². The molecule has 1 fully saturated rings. The van der Waals surface area contributed by atoms with Gasteiger partial charge in [0.05, 0.1) is 18.2 Å². The van der Waals surface area contributed by atoms with Crippen molar-refractivity contribution in [3.05, 3.63) is 94.8 Å². The molecule has 2 aromatic carbocycles. The van der Waals surface area contributed by atoms with Crippen LogP contribution in [0.3, 0.4) is 0 Å². The molecule has 156 valence electrons. The highest BCUT2D eigenvalue weighted by Crippen LogP contribution is 2.42. The summed E-state index contributed by atoms with van der Waals surface area (Å²) in [5.74, 6) is -1.09. The van der Waals surface area contributed by atoms with E-state index < -0.39 is 17.7 Å². The fourth-order valence-electron chi connectivity index (χ4n) is 3.59. The molecule has 0 spiro atoms. The third kappa shape index (κ3) is 3.90. The Hall–Kier alpha value is -3.64. The number of pyridine rings is 1. The third-order valence-corrected chi connectivity index (χ3v) is 5.26. The molecule has 1 amide bonds. The van der Waals surface area contributed by atoms with Gasteiger partial charge in [0, 0.05) is 28.7 Å². The smallest absolute Gasteiger partial charge is 0.300 e. The summed E-state index contributed by atoms with van der Waals surface area (Å²) in [5, 5.41) is 11.6. The molecule has 1 saturated heterocycles. The zero-order chi connectivity index (χ0) is 22.0. The number of hydrogen-bond acceptors (Lipinski definition) is 5. The van der Waals surface area contributed by atoms with Gasteiger partial charge in [0.2, 0.25) is 0 Å². The lowest BCUT2D eigenvalue weighted by Crippen LogP contribution is -2.29. The summed E-state index contributed by atoms with van der Waals surface area (Å²) in [6.07, 6.45) is 3.16. The Morgan fingerprint density at radius 3 is 2.29 bits per heavy atom. The number of rotatable bonds is 5. The summed E-state index contributed by atoms with van der Waals surface area (Å²) in [4.78, 5) is 31.5. The summed E-state index contributed by atoms with van der Waals surface area (Å²) in [7, 11) is 0. The van der Waals surface area contributed by atoms with E-state index in [1.54, 1.807) is 73.1 Å². The van der Waals surface area contributed by atoms with Crippen molar-refractivity contribution in [1.82, 2.24) is 4.98 Å². The minimum Gasteiger partial charge on any atom is -0.507 e. The first-order valence-corrected chi connectivity index (χ1v) is 10.1. The van der Waals surface area contributed by atoms with Gasteiger partial charge in [-0.2, -0.15) is 0 Å². The van der Waals surface area contributed by atoms with E-state index in [1.807, 2.05) is 6.92 Å². The van der Waals surface area contributed by atoms with Crippen LogP contribution in [0.5, 0.6) is 5.75 Å². The van der Waals surface area contributed by atoms with E-state index in [-0.39, 0.29) is 11.3 Å². The van der Waals surface area contributed by atoms with Crippen LogP contribution in [0, 0.1) is 0 Å². The number of carbonyl (C=O) groups is 2. The number of aliphatic hydroxyl groups is 1. The first-order chi connectivity index (χ1) is 15.0. The molecule has 1 aromatic heterocycles. The lowest BCUT2D eigenvalue weighted by Gasteiger charge is -2.25. The van der Waals surface area contributed by atoms with Crippen molar-refractivity contribution in [3.8, 4) is 5.75 Å². The van der Waals surface area contributed by atoms with Crippen molar-refractivity contribution in [3.63, 3.8) is 0 Å². The molecule has 2 heterocycles.